The smallest absolute Gasteiger partial charge is 0.234 e. The van der Waals surface area contributed by atoms with E-state index in [2.05, 4.69) is 58.2 Å². The number of nitrogens with zero attached hydrogens (tertiary/aromatic N) is 2. The molecule has 150 valence electrons. The zero-order valence-corrected chi connectivity index (χ0v) is 17.8. The molecule has 0 saturated carbocycles. The van der Waals surface area contributed by atoms with Gasteiger partial charge in [-0.15, -0.1) is 0 Å². The number of amides is 1. The van der Waals surface area contributed by atoms with Gasteiger partial charge in [-0.1, -0.05) is 77.5 Å². The van der Waals surface area contributed by atoms with Gasteiger partial charge >= 0.3 is 0 Å². The number of carbonyl (C=O) groups is 1. The lowest BCUT2D eigenvalue weighted by atomic mass is 10.1. The van der Waals surface area contributed by atoms with Gasteiger partial charge in [-0.2, -0.15) is 0 Å². The number of anilines is 1. The van der Waals surface area contributed by atoms with Crippen molar-refractivity contribution >= 4 is 23.4 Å². The Morgan fingerprint density at radius 3 is 2.20 bits per heavy atom. The Labute approximate surface area is 181 Å². The topological polar surface area (TPSA) is 46.9 Å². The lowest BCUT2D eigenvalue weighted by molar-refractivity contribution is -0.113. The number of benzene rings is 3. The number of para-hydroxylation sites is 1. The van der Waals surface area contributed by atoms with Crippen molar-refractivity contribution in [2.75, 3.05) is 11.1 Å². The van der Waals surface area contributed by atoms with E-state index in [1.165, 1.54) is 17.3 Å². The lowest BCUT2D eigenvalue weighted by Crippen LogP contribution is -2.14. The Morgan fingerprint density at radius 2 is 1.53 bits per heavy atom. The first-order valence-electron chi connectivity index (χ1n) is 9.80. The van der Waals surface area contributed by atoms with E-state index in [1.807, 2.05) is 55.6 Å². The van der Waals surface area contributed by atoms with E-state index < -0.39 is 0 Å². The molecule has 3 aromatic carbocycles. The molecule has 0 bridgehead atoms. The summed E-state index contributed by atoms with van der Waals surface area (Å²) in [6.07, 6.45) is 1.87. The largest absolute Gasteiger partial charge is 0.325 e. The SMILES string of the molecule is Cc1ccc(NC(=O)CSc2ncc(-c3ccc(C)cc3)n2-c2ccccc2)cc1. The fourth-order valence-corrected chi connectivity index (χ4v) is 3.95. The van der Waals surface area contributed by atoms with Crippen LogP contribution < -0.4 is 5.32 Å². The summed E-state index contributed by atoms with van der Waals surface area (Å²) >= 11 is 1.43. The number of rotatable bonds is 6. The summed E-state index contributed by atoms with van der Waals surface area (Å²) in [5, 5.41) is 3.73. The van der Waals surface area contributed by atoms with Gasteiger partial charge < -0.3 is 5.32 Å². The molecule has 0 aliphatic rings. The van der Waals surface area contributed by atoms with Gasteiger partial charge in [0.1, 0.15) is 0 Å². The zero-order chi connectivity index (χ0) is 20.9. The molecular formula is C25H23N3OS. The Kier molecular flexibility index (Phi) is 6.00. The number of hydrogen-bond donors (Lipinski definition) is 1. The molecule has 0 aliphatic carbocycles. The number of carbonyl (C=O) groups excluding carboxylic acids is 1. The van der Waals surface area contributed by atoms with Crippen LogP contribution in [-0.4, -0.2) is 21.2 Å². The molecule has 0 spiro atoms. The van der Waals surface area contributed by atoms with E-state index in [1.54, 1.807) is 0 Å². The van der Waals surface area contributed by atoms with Gasteiger partial charge in [0.25, 0.3) is 0 Å². The molecule has 1 N–H and O–H groups in total. The molecule has 0 fully saturated rings. The van der Waals surface area contributed by atoms with E-state index in [-0.39, 0.29) is 11.7 Å². The summed E-state index contributed by atoms with van der Waals surface area (Å²) in [5.41, 5.74) is 6.29. The van der Waals surface area contributed by atoms with Crippen LogP contribution in [0.2, 0.25) is 0 Å². The van der Waals surface area contributed by atoms with Crippen molar-refractivity contribution < 1.29 is 4.79 Å². The molecule has 30 heavy (non-hydrogen) atoms. The van der Waals surface area contributed by atoms with Crippen molar-refractivity contribution in [3.63, 3.8) is 0 Å². The minimum atomic E-state index is -0.0525. The molecule has 1 aromatic heterocycles. The van der Waals surface area contributed by atoms with Crippen molar-refractivity contribution in [2.24, 2.45) is 0 Å². The van der Waals surface area contributed by atoms with Crippen LogP contribution in [0.15, 0.2) is 90.2 Å². The molecule has 1 amide bonds. The maximum atomic E-state index is 12.5. The average Bonchev–Trinajstić information content (AvgIpc) is 3.19. The van der Waals surface area contributed by atoms with Gasteiger partial charge in [-0.25, -0.2) is 4.98 Å². The van der Waals surface area contributed by atoms with Crippen LogP contribution in [-0.2, 0) is 4.79 Å². The van der Waals surface area contributed by atoms with E-state index in [4.69, 9.17) is 0 Å². The second-order valence-electron chi connectivity index (χ2n) is 7.17. The quantitative estimate of drug-likeness (QED) is 0.401. The van der Waals surface area contributed by atoms with Gasteiger partial charge in [0, 0.05) is 16.9 Å². The summed E-state index contributed by atoms with van der Waals surface area (Å²) in [4.78, 5) is 17.1. The van der Waals surface area contributed by atoms with Crippen molar-refractivity contribution in [1.29, 1.82) is 0 Å². The second-order valence-corrected chi connectivity index (χ2v) is 8.11. The highest BCUT2D eigenvalue weighted by molar-refractivity contribution is 7.99. The second kappa shape index (κ2) is 9.01. The summed E-state index contributed by atoms with van der Waals surface area (Å²) in [6, 6.07) is 26.3. The predicted molar refractivity (Wildman–Crippen MR) is 124 cm³/mol. The van der Waals surface area contributed by atoms with Gasteiger partial charge in [0.15, 0.2) is 5.16 Å². The molecular weight excluding hydrogens is 390 g/mol. The van der Waals surface area contributed by atoms with Crippen molar-refractivity contribution in [3.05, 3.63) is 96.2 Å². The van der Waals surface area contributed by atoms with Gasteiger partial charge in [0.2, 0.25) is 5.91 Å². The lowest BCUT2D eigenvalue weighted by Gasteiger charge is -2.12. The molecule has 4 nitrogen and oxygen atoms in total. The predicted octanol–water partition coefficient (Wildman–Crippen LogP) is 5.89. The molecule has 0 atom stereocenters. The highest BCUT2D eigenvalue weighted by Crippen LogP contribution is 2.30. The fourth-order valence-electron chi connectivity index (χ4n) is 3.16. The van der Waals surface area contributed by atoms with Crippen LogP contribution in [0, 0.1) is 13.8 Å². The Bertz CT molecular complexity index is 1130. The minimum absolute atomic E-state index is 0.0525. The van der Waals surface area contributed by atoms with E-state index in [9.17, 15) is 4.79 Å². The molecule has 0 aliphatic heterocycles. The van der Waals surface area contributed by atoms with Crippen molar-refractivity contribution in [2.45, 2.75) is 19.0 Å². The van der Waals surface area contributed by atoms with Crippen LogP contribution in [0.4, 0.5) is 5.69 Å². The van der Waals surface area contributed by atoms with Crippen molar-refractivity contribution in [1.82, 2.24) is 9.55 Å². The number of hydrogen-bond acceptors (Lipinski definition) is 3. The first-order chi connectivity index (χ1) is 14.6. The Morgan fingerprint density at radius 1 is 0.900 bits per heavy atom. The standard InChI is InChI=1S/C25H23N3OS/c1-18-8-12-20(13-9-18)23-16-26-25(28(23)22-6-4-3-5-7-22)30-17-24(29)27-21-14-10-19(2)11-15-21/h3-16H,17H2,1-2H3,(H,27,29). The number of nitrogens with one attached hydrogen (secondary N) is 1. The van der Waals surface area contributed by atoms with E-state index in [0.29, 0.717) is 0 Å². The minimum Gasteiger partial charge on any atom is -0.325 e. The molecule has 0 unspecified atom stereocenters. The first-order valence-corrected chi connectivity index (χ1v) is 10.8. The number of aromatic nitrogens is 2. The molecule has 1 heterocycles. The third-order valence-corrected chi connectivity index (χ3v) is 5.71. The number of imidazole rings is 1. The average molecular weight is 414 g/mol. The summed E-state index contributed by atoms with van der Waals surface area (Å²) in [5.74, 6) is 0.230. The maximum absolute atomic E-state index is 12.5. The fraction of sp³-hybridized carbons (Fsp3) is 0.120. The first kappa shape index (κ1) is 20.0. The van der Waals surface area contributed by atoms with Gasteiger partial charge in [-0.05, 0) is 38.1 Å². The van der Waals surface area contributed by atoms with Crippen LogP contribution in [0.25, 0.3) is 16.9 Å². The number of thioether (sulfide) groups is 1. The maximum Gasteiger partial charge on any atom is 0.234 e. The third-order valence-electron chi connectivity index (χ3n) is 4.76. The van der Waals surface area contributed by atoms with Crippen molar-refractivity contribution in [3.8, 4) is 16.9 Å². The highest BCUT2D eigenvalue weighted by Gasteiger charge is 2.15. The number of aryl methyl sites for hydroxylation is 2. The van der Waals surface area contributed by atoms with Crippen LogP contribution >= 0.6 is 11.8 Å². The zero-order valence-electron chi connectivity index (χ0n) is 17.0. The molecule has 5 heteroatoms. The van der Waals surface area contributed by atoms with Crippen LogP contribution in [0.5, 0.6) is 0 Å². The monoisotopic (exact) mass is 413 g/mol. The molecule has 4 rings (SSSR count). The Balaban J connectivity index is 1.57. The van der Waals surface area contributed by atoms with E-state index in [0.717, 1.165) is 33.4 Å². The van der Waals surface area contributed by atoms with Crippen LogP contribution in [0.3, 0.4) is 0 Å². The van der Waals surface area contributed by atoms with E-state index >= 15 is 0 Å². The third kappa shape index (κ3) is 4.63. The Hall–Kier alpha value is -3.31. The molecule has 0 radical (unpaired) electrons. The highest BCUT2D eigenvalue weighted by atomic mass is 32.2. The van der Waals surface area contributed by atoms with Gasteiger partial charge in [-0.3, -0.25) is 9.36 Å². The normalized spacial score (nSPS) is 10.7. The van der Waals surface area contributed by atoms with Gasteiger partial charge in [0.05, 0.1) is 17.6 Å². The summed E-state index contributed by atoms with van der Waals surface area (Å²) < 4.78 is 2.11. The van der Waals surface area contributed by atoms with Crippen LogP contribution in [0.1, 0.15) is 11.1 Å². The summed E-state index contributed by atoms with van der Waals surface area (Å²) in [7, 11) is 0. The summed E-state index contributed by atoms with van der Waals surface area (Å²) in [6.45, 7) is 4.10. The molecule has 0 saturated heterocycles. The molecule has 4 aromatic rings.